The van der Waals surface area contributed by atoms with E-state index in [0.717, 1.165) is 6.42 Å². The summed E-state index contributed by atoms with van der Waals surface area (Å²) in [5, 5.41) is 0. The molecule has 13 heavy (non-hydrogen) atoms. The minimum absolute atomic E-state index is 0.554. The zero-order valence-corrected chi connectivity index (χ0v) is 8.49. The summed E-state index contributed by atoms with van der Waals surface area (Å²) in [4.78, 5) is 8.21. The lowest BCUT2D eigenvalue weighted by Gasteiger charge is -2.14. The zero-order valence-electron chi connectivity index (χ0n) is 8.49. The molecule has 1 heterocycles. The van der Waals surface area contributed by atoms with Crippen molar-refractivity contribution in [3.63, 3.8) is 0 Å². The second-order valence-corrected chi connectivity index (χ2v) is 2.90. The van der Waals surface area contributed by atoms with Gasteiger partial charge in [0.05, 0.1) is 5.69 Å². The maximum absolute atomic E-state index is 4.24. The molecule has 1 aliphatic carbocycles. The zero-order chi connectivity index (χ0) is 9.68. The van der Waals surface area contributed by atoms with E-state index in [1.54, 1.807) is 6.33 Å². The van der Waals surface area contributed by atoms with Crippen LogP contribution in [-0.4, -0.2) is 9.97 Å². The molecule has 0 saturated carbocycles. The summed E-state index contributed by atoms with van der Waals surface area (Å²) in [6.45, 7) is 6.19. The van der Waals surface area contributed by atoms with Crippen LogP contribution in [0.3, 0.4) is 0 Å². The highest BCUT2D eigenvalue weighted by Crippen LogP contribution is 2.25. The van der Waals surface area contributed by atoms with Crippen molar-refractivity contribution in [1.29, 1.82) is 0 Å². The monoisotopic (exact) mass is 176 g/mol. The third-order valence-electron chi connectivity index (χ3n) is 2.03. The molecule has 0 aromatic carbocycles. The summed E-state index contributed by atoms with van der Waals surface area (Å²) in [6.07, 6.45) is 8.86. The van der Waals surface area contributed by atoms with Gasteiger partial charge in [-0.3, -0.25) is 0 Å². The third kappa shape index (κ3) is 2.14. The Bertz CT molecular complexity index is 292. The topological polar surface area (TPSA) is 25.8 Å². The third-order valence-corrected chi connectivity index (χ3v) is 2.03. The molecular formula is C11H16N2. The molecule has 1 unspecified atom stereocenters. The van der Waals surface area contributed by atoms with Crippen LogP contribution in [0, 0.1) is 0 Å². The van der Waals surface area contributed by atoms with Crippen molar-refractivity contribution in [1.82, 2.24) is 9.97 Å². The molecule has 0 spiro atoms. The molecule has 0 saturated heterocycles. The second-order valence-electron chi connectivity index (χ2n) is 2.90. The highest BCUT2D eigenvalue weighted by atomic mass is 14.8. The predicted molar refractivity (Wildman–Crippen MR) is 55.4 cm³/mol. The lowest BCUT2D eigenvalue weighted by Crippen LogP contribution is -2.02. The number of aromatic nitrogens is 2. The fraction of sp³-hybridized carbons (Fsp3) is 0.455. The van der Waals surface area contributed by atoms with E-state index in [4.69, 9.17) is 0 Å². The van der Waals surface area contributed by atoms with Crippen LogP contribution >= 0.6 is 0 Å². The van der Waals surface area contributed by atoms with Crippen LogP contribution in [0.4, 0.5) is 0 Å². The van der Waals surface area contributed by atoms with Crippen molar-refractivity contribution in [2.45, 2.75) is 33.1 Å². The van der Waals surface area contributed by atoms with Gasteiger partial charge in [0.25, 0.3) is 0 Å². The van der Waals surface area contributed by atoms with Crippen LogP contribution in [0.15, 0.2) is 18.6 Å². The number of rotatable bonds is 0. The van der Waals surface area contributed by atoms with E-state index in [0.29, 0.717) is 5.92 Å². The van der Waals surface area contributed by atoms with Crippen molar-refractivity contribution >= 4 is 6.08 Å². The van der Waals surface area contributed by atoms with Gasteiger partial charge in [-0.15, -0.1) is 0 Å². The Labute approximate surface area is 79.7 Å². The van der Waals surface area contributed by atoms with Crippen LogP contribution in [0.5, 0.6) is 0 Å². The van der Waals surface area contributed by atoms with E-state index < -0.39 is 0 Å². The van der Waals surface area contributed by atoms with Gasteiger partial charge in [-0.05, 0) is 6.42 Å². The maximum atomic E-state index is 4.24. The fourth-order valence-corrected chi connectivity index (χ4v) is 1.40. The Hall–Kier alpha value is -1.18. The first-order valence-electron chi connectivity index (χ1n) is 4.84. The fourth-order valence-electron chi connectivity index (χ4n) is 1.40. The van der Waals surface area contributed by atoms with Crippen LogP contribution in [0.1, 0.15) is 44.4 Å². The van der Waals surface area contributed by atoms with Gasteiger partial charge in [0.2, 0.25) is 0 Å². The minimum atomic E-state index is 0.554. The molecule has 2 rings (SSSR count). The van der Waals surface area contributed by atoms with E-state index >= 15 is 0 Å². The van der Waals surface area contributed by atoms with E-state index in [9.17, 15) is 0 Å². The maximum Gasteiger partial charge on any atom is 0.115 e. The quantitative estimate of drug-likeness (QED) is 0.607. The first-order valence-corrected chi connectivity index (χ1v) is 4.84. The molecule has 1 aromatic heterocycles. The SMILES string of the molecule is CC.CC1CC=Cc2cncnc21. The molecule has 0 amide bonds. The molecule has 0 radical (unpaired) electrons. The molecular weight excluding hydrogens is 160 g/mol. The van der Waals surface area contributed by atoms with Crippen molar-refractivity contribution in [2.24, 2.45) is 0 Å². The summed E-state index contributed by atoms with van der Waals surface area (Å²) in [6, 6.07) is 0. The summed E-state index contributed by atoms with van der Waals surface area (Å²) in [5.41, 5.74) is 2.36. The Morgan fingerprint density at radius 3 is 2.85 bits per heavy atom. The molecule has 2 heteroatoms. The summed E-state index contributed by atoms with van der Waals surface area (Å²) in [7, 11) is 0. The summed E-state index contributed by atoms with van der Waals surface area (Å²) in [5.74, 6) is 0.554. The first kappa shape index (κ1) is 9.90. The molecule has 70 valence electrons. The highest BCUT2D eigenvalue weighted by molar-refractivity contribution is 5.53. The van der Waals surface area contributed by atoms with Gasteiger partial charge >= 0.3 is 0 Å². The molecule has 1 atom stereocenters. The van der Waals surface area contributed by atoms with Gasteiger partial charge in [0.1, 0.15) is 6.33 Å². The largest absolute Gasteiger partial charge is 0.244 e. The van der Waals surface area contributed by atoms with Crippen LogP contribution in [0.2, 0.25) is 0 Å². The first-order chi connectivity index (χ1) is 6.38. The average Bonchev–Trinajstić information content (AvgIpc) is 2.22. The van der Waals surface area contributed by atoms with E-state index in [1.807, 2.05) is 20.0 Å². The van der Waals surface area contributed by atoms with Crippen LogP contribution in [-0.2, 0) is 0 Å². The molecule has 0 aliphatic heterocycles. The number of fused-ring (bicyclic) bond motifs is 1. The molecule has 2 nitrogen and oxygen atoms in total. The normalized spacial score (nSPS) is 18.5. The van der Waals surface area contributed by atoms with Crippen LogP contribution < -0.4 is 0 Å². The number of allylic oxidation sites excluding steroid dienone is 1. The molecule has 1 aromatic rings. The molecule has 0 fully saturated rings. The Kier molecular flexibility index (Phi) is 3.62. The summed E-state index contributed by atoms with van der Waals surface area (Å²) >= 11 is 0. The van der Waals surface area contributed by atoms with Gasteiger partial charge in [-0.1, -0.05) is 32.9 Å². The van der Waals surface area contributed by atoms with E-state index in [2.05, 4.69) is 29.0 Å². The highest BCUT2D eigenvalue weighted by Gasteiger charge is 2.12. The predicted octanol–water partition coefficient (Wildman–Crippen LogP) is 3.02. The number of hydrogen-bond donors (Lipinski definition) is 0. The number of hydrogen-bond acceptors (Lipinski definition) is 2. The molecule has 0 bridgehead atoms. The minimum Gasteiger partial charge on any atom is -0.244 e. The Morgan fingerprint density at radius 2 is 2.15 bits per heavy atom. The van der Waals surface area contributed by atoms with Gasteiger partial charge in [0.15, 0.2) is 0 Å². The molecule has 1 aliphatic rings. The van der Waals surface area contributed by atoms with E-state index in [-0.39, 0.29) is 0 Å². The lowest BCUT2D eigenvalue weighted by atomic mass is 9.94. The van der Waals surface area contributed by atoms with Crippen molar-refractivity contribution < 1.29 is 0 Å². The number of nitrogens with zero attached hydrogens (tertiary/aromatic N) is 2. The second kappa shape index (κ2) is 4.75. The molecule has 0 N–H and O–H groups in total. The van der Waals surface area contributed by atoms with Gasteiger partial charge < -0.3 is 0 Å². The van der Waals surface area contributed by atoms with Gasteiger partial charge in [-0.2, -0.15) is 0 Å². The smallest absolute Gasteiger partial charge is 0.115 e. The van der Waals surface area contributed by atoms with E-state index in [1.165, 1.54) is 11.3 Å². The Morgan fingerprint density at radius 1 is 1.38 bits per heavy atom. The Balaban J connectivity index is 0.000000396. The average molecular weight is 176 g/mol. The van der Waals surface area contributed by atoms with Gasteiger partial charge in [-0.25, -0.2) is 9.97 Å². The van der Waals surface area contributed by atoms with Gasteiger partial charge in [0, 0.05) is 17.7 Å². The summed E-state index contributed by atoms with van der Waals surface area (Å²) < 4.78 is 0. The van der Waals surface area contributed by atoms with Crippen LogP contribution in [0.25, 0.3) is 6.08 Å². The lowest BCUT2D eigenvalue weighted by molar-refractivity contribution is 0.734. The van der Waals surface area contributed by atoms with Crippen molar-refractivity contribution in [3.05, 3.63) is 29.9 Å². The standard InChI is InChI=1S/C9H10N2.C2H6/c1-7-3-2-4-8-5-10-6-11-9(7)8;1-2/h2,4-7H,3H2,1H3;1-2H3. The van der Waals surface area contributed by atoms with Crippen molar-refractivity contribution in [2.75, 3.05) is 0 Å². The van der Waals surface area contributed by atoms with Crippen molar-refractivity contribution in [3.8, 4) is 0 Å².